The van der Waals surface area contributed by atoms with Crippen LogP contribution in [0, 0.1) is 11.0 Å². The maximum Gasteiger partial charge on any atom is 0.262 e. The molecule has 1 unspecified atom stereocenters. The minimum Gasteiger partial charge on any atom is -0.605 e. The summed E-state index contributed by atoms with van der Waals surface area (Å²) in [6, 6.07) is 16.3. The Morgan fingerprint density at radius 3 is 2.68 bits per heavy atom. The second kappa shape index (κ2) is 8.86. The van der Waals surface area contributed by atoms with Gasteiger partial charge < -0.3 is 14.5 Å². The Kier molecular flexibility index (Phi) is 5.88. The molecule has 0 aliphatic carbocycles. The number of hydroxylamine groups is 1. The first-order valence-electron chi connectivity index (χ1n) is 10.2. The van der Waals surface area contributed by atoms with Crippen LogP contribution in [-0.2, 0) is 0 Å². The van der Waals surface area contributed by atoms with Gasteiger partial charge in [0.05, 0.1) is 24.2 Å². The molecule has 11 heteroatoms. The maximum atomic E-state index is 14.3. The average molecular weight is 502 g/mol. The summed E-state index contributed by atoms with van der Waals surface area (Å²) < 4.78 is 24.3. The zero-order valence-electron chi connectivity index (χ0n) is 17.8. The Hall–Kier alpha value is -3.21. The lowest BCUT2D eigenvalue weighted by Gasteiger charge is -2.36. The third kappa shape index (κ3) is 4.08. The summed E-state index contributed by atoms with van der Waals surface area (Å²) in [7, 11) is 1.48. The molecule has 1 saturated heterocycles. The van der Waals surface area contributed by atoms with E-state index in [1.165, 1.54) is 24.3 Å². The first-order chi connectivity index (χ1) is 16.4. The molecule has 3 aromatic carbocycles. The van der Waals surface area contributed by atoms with Crippen LogP contribution < -0.4 is 20.0 Å². The van der Waals surface area contributed by atoms with Gasteiger partial charge in [0.1, 0.15) is 23.8 Å². The van der Waals surface area contributed by atoms with E-state index in [0.717, 1.165) is 5.56 Å². The van der Waals surface area contributed by atoms with Crippen LogP contribution in [0.25, 0.3) is 22.8 Å². The van der Waals surface area contributed by atoms with Crippen molar-refractivity contribution in [1.29, 1.82) is 0 Å². The quantitative estimate of drug-likeness (QED) is 0.281. The summed E-state index contributed by atoms with van der Waals surface area (Å²) in [6.45, 7) is 0.372. The monoisotopic (exact) mass is 501 g/mol. The van der Waals surface area contributed by atoms with E-state index in [9.17, 15) is 9.60 Å². The SMILES string of the molecule is COc1cc([N+]2([O-])CCN(c3c(F)cccc3Cl)N2)ccc1-c1nc(-c2ccc(Cl)cc2)no1. The summed E-state index contributed by atoms with van der Waals surface area (Å²) in [5, 5.41) is 19.8. The summed E-state index contributed by atoms with van der Waals surface area (Å²) in [5.41, 5.74) is 4.55. The van der Waals surface area contributed by atoms with Crippen molar-refractivity contribution in [2.45, 2.75) is 0 Å². The van der Waals surface area contributed by atoms with Crippen LogP contribution in [-0.4, -0.2) is 30.3 Å². The Balaban J connectivity index is 1.43. The van der Waals surface area contributed by atoms with Gasteiger partial charge in [0.2, 0.25) is 5.82 Å². The summed E-state index contributed by atoms with van der Waals surface area (Å²) in [6.07, 6.45) is 0. The second-order valence-electron chi connectivity index (χ2n) is 7.60. The number of hydrazine groups is 1. The fourth-order valence-corrected chi connectivity index (χ4v) is 4.15. The number of hydrogen-bond donors (Lipinski definition) is 1. The largest absolute Gasteiger partial charge is 0.605 e. The number of aromatic nitrogens is 2. The Morgan fingerprint density at radius 2 is 1.94 bits per heavy atom. The van der Waals surface area contributed by atoms with Crippen molar-refractivity contribution in [3.63, 3.8) is 0 Å². The molecule has 2 heterocycles. The number of halogens is 3. The Bertz CT molecular complexity index is 1330. The normalized spacial score (nSPS) is 17.9. The molecule has 4 aromatic rings. The Labute approximate surface area is 204 Å². The average Bonchev–Trinajstić information content (AvgIpc) is 3.47. The second-order valence-corrected chi connectivity index (χ2v) is 8.44. The van der Waals surface area contributed by atoms with Crippen molar-refractivity contribution in [1.82, 2.24) is 20.4 Å². The fourth-order valence-electron chi connectivity index (χ4n) is 3.76. The smallest absolute Gasteiger partial charge is 0.262 e. The molecule has 0 spiro atoms. The molecule has 0 amide bonds. The van der Waals surface area contributed by atoms with E-state index in [-0.39, 0.29) is 29.7 Å². The van der Waals surface area contributed by atoms with Crippen molar-refractivity contribution in [2.24, 2.45) is 0 Å². The number of nitrogens with zero attached hydrogens (tertiary/aromatic N) is 4. The molecule has 0 saturated carbocycles. The zero-order valence-corrected chi connectivity index (χ0v) is 19.3. The molecule has 34 heavy (non-hydrogen) atoms. The third-order valence-corrected chi connectivity index (χ3v) is 6.05. The highest BCUT2D eigenvalue weighted by atomic mass is 35.5. The molecule has 0 radical (unpaired) electrons. The number of anilines is 1. The van der Waals surface area contributed by atoms with E-state index in [0.29, 0.717) is 27.8 Å². The first kappa shape index (κ1) is 22.6. The van der Waals surface area contributed by atoms with Gasteiger partial charge >= 0.3 is 0 Å². The number of quaternary nitrogens is 1. The lowest BCUT2D eigenvalue weighted by molar-refractivity contribution is 0.341. The van der Waals surface area contributed by atoms with Crippen molar-refractivity contribution < 1.29 is 13.7 Å². The number of methoxy groups -OCH3 is 1. The van der Waals surface area contributed by atoms with Gasteiger partial charge in [-0.1, -0.05) is 40.0 Å². The number of nitrogens with one attached hydrogen (secondary N) is 1. The lowest BCUT2D eigenvalue weighted by Crippen LogP contribution is -2.53. The molecule has 1 fully saturated rings. The van der Waals surface area contributed by atoms with Crippen molar-refractivity contribution in [2.75, 3.05) is 25.2 Å². The van der Waals surface area contributed by atoms with Crippen LogP contribution >= 0.6 is 23.2 Å². The standard InChI is InChI=1S/C23H18Cl2FN5O3/c1-33-20-13-16(31(32)12-11-30(29-31)21-18(25)3-2-4-19(21)26)9-10-17(20)23-27-22(28-34-23)14-5-7-15(24)8-6-14/h2-10,13,29H,11-12H2,1H3. The number of hydrogen-bond acceptors (Lipinski definition) is 7. The van der Waals surface area contributed by atoms with Crippen molar-refractivity contribution >= 4 is 34.6 Å². The van der Waals surface area contributed by atoms with Gasteiger partial charge in [0.25, 0.3) is 5.89 Å². The molecule has 1 N–H and O–H groups in total. The number of benzene rings is 3. The minimum atomic E-state index is -0.929. The molecule has 174 valence electrons. The zero-order chi connectivity index (χ0) is 23.9. The minimum absolute atomic E-state index is 0.119. The van der Waals surface area contributed by atoms with Crippen LogP contribution in [0.2, 0.25) is 10.0 Å². The predicted octanol–water partition coefficient (Wildman–Crippen LogP) is 5.60. The maximum absolute atomic E-state index is 14.3. The van der Waals surface area contributed by atoms with E-state index < -0.39 is 10.6 Å². The van der Waals surface area contributed by atoms with E-state index in [2.05, 4.69) is 15.7 Å². The van der Waals surface area contributed by atoms with Crippen LogP contribution in [0.4, 0.5) is 15.8 Å². The van der Waals surface area contributed by atoms with Gasteiger partial charge in [0.15, 0.2) is 5.69 Å². The van der Waals surface area contributed by atoms with Crippen LogP contribution in [0.3, 0.4) is 0 Å². The van der Waals surface area contributed by atoms with E-state index >= 15 is 0 Å². The van der Waals surface area contributed by atoms with Gasteiger partial charge in [-0.15, -0.1) is 0 Å². The molecule has 5 rings (SSSR count). The predicted molar refractivity (Wildman–Crippen MR) is 129 cm³/mol. The van der Waals surface area contributed by atoms with Crippen molar-refractivity contribution in [3.05, 3.63) is 81.7 Å². The highest BCUT2D eigenvalue weighted by Gasteiger charge is 2.35. The summed E-state index contributed by atoms with van der Waals surface area (Å²) in [5.74, 6) is 0.485. The van der Waals surface area contributed by atoms with Crippen molar-refractivity contribution in [3.8, 4) is 28.6 Å². The molecule has 0 bridgehead atoms. The number of para-hydroxylation sites is 1. The molecule has 1 atom stereocenters. The van der Waals surface area contributed by atoms with Crippen LogP contribution in [0.1, 0.15) is 0 Å². The van der Waals surface area contributed by atoms with Gasteiger partial charge in [-0.3, -0.25) is 5.01 Å². The van der Waals surface area contributed by atoms with Gasteiger partial charge in [-0.25, -0.2) is 9.15 Å². The summed E-state index contributed by atoms with van der Waals surface area (Å²) >= 11 is 12.1. The molecular weight excluding hydrogens is 484 g/mol. The molecule has 8 nitrogen and oxygen atoms in total. The lowest BCUT2D eigenvalue weighted by atomic mass is 10.1. The van der Waals surface area contributed by atoms with Gasteiger partial charge in [-0.2, -0.15) is 4.98 Å². The van der Waals surface area contributed by atoms with E-state index in [1.54, 1.807) is 48.5 Å². The number of rotatable bonds is 5. The van der Waals surface area contributed by atoms with Crippen LogP contribution in [0.5, 0.6) is 5.75 Å². The van der Waals surface area contributed by atoms with Crippen LogP contribution in [0.15, 0.2) is 65.2 Å². The molecule has 1 aliphatic heterocycles. The third-order valence-electron chi connectivity index (χ3n) is 5.49. The first-order valence-corrected chi connectivity index (χ1v) is 11.0. The topological polar surface area (TPSA) is 86.5 Å². The summed E-state index contributed by atoms with van der Waals surface area (Å²) in [4.78, 5) is 4.44. The van der Waals surface area contributed by atoms with Gasteiger partial charge in [0, 0.05) is 22.7 Å². The fraction of sp³-hybridized carbons (Fsp3) is 0.130. The molecular formula is C23H18Cl2FN5O3. The molecule has 1 aromatic heterocycles. The van der Waals surface area contributed by atoms with E-state index in [1.807, 2.05) is 0 Å². The van der Waals surface area contributed by atoms with E-state index in [4.69, 9.17) is 32.5 Å². The molecule has 1 aliphatic rings. The highest BCUT2D eigenvalue weighted by Crippen LogP contribution is 2.37. The number of ether oxygens (including phenoxy) is 1. The highest BCUT2D eigenvalue weighted by molar-refractivity contribution is 6.33. The van der Waals surface area contributed by atoms with Gasteiger partial charge in [-0.05, 0) is 42.5 Å². The Morgan fingerprint density at radius 1 is 1.15 bits per heavy atom.